The van der Waals surface area contributed by atoms with Crippen LogP contribution in [-0.2, 0) is 32.3 Å². The maximum atomic E-state index is 10.6. The van der Waals surface area contributed by atoms with Crippen molar-refractivity contribution in [3.8, 4) is 0 Å². The van der Waals surface area contributed by atoms with Gasteiger partial charge in [0.1, 0.15) is 0 Å². The molecule has 2 saturated heterocycles. The van der Waals surface area contributed by atoms with Crippen molar-refractivity contribution in [2.45, 2.75) is 50.2 Å². The Balaban J connectivity index is 0.000000396. The van der Waals surface area contributed by atoms with Gasteiger partial charge in [0, 0.05) is 63.6 Å². The monoisotopic (exact) mass is 666 g/mol. The zero-order chi connectivity index (χ0) is 34.4. The molecule has 11 nitrogen and oxygen atoms in total. The second-order valence-corrected chi connectivity index (χ2v) is 9.18. The van der Waals surface area contributed by atoms with Crippen molar-refractivity contribution in [1.29, 1.82) is 0 Å². The fraction of sp³-hybridized carbons (Fsp3) is 0.480. The molecule has 0 unspecified atom stereocenters. The van der Waals surface area contributed by atoms with E-state index in [2.05, 4.69) is 31.9 Å². The highest BCUT2D eigenvalue weighted by Gasteiger charge is 2.39. The molecule has 45 heavy (non-hydrogen) atoms. The van der Waals surface area contributed by atoms with E-state index in [4.69, 9.17) is 34.4 Å². The third-order valence-corrected chi connectivity index (χ3v) is 5.73. The molecule has 0 saturated carbocycles. The standard InChI is InChI=1S/C19H24N4O.3C2HF3O2/c1-3-16(10-20-5-1)12-22-7-8-23-14-19(9-18(23)13-22)24-15-17-4-2-6-21-11-17;3*3-2(4,5)1(6)7/h1-6,10-11,18-19H,7-9,12-15H2;3*(H,6,7)/t18-,19+;;;/m0.../s1. The maximum Gasteiger partial charge on any atom is 0.490 e. The van der Waals surface area contributed by atoms with Crippen molar-refractivity contribution in [2.75, 3.05) is 26.2 Å². The molecular formula is C25H27F9N4O7. The number of hydrogen-bond donors (Lipinski definition) is 3. The first kappa shape index (κ1) is 39.0. The molecule has 2 aliphatic rings. The summed E-state index contributed by atoms with van der Waals surface area (Å²) < 4.78 is 101. The molecular weight excluding hydrogens is 639 g/mol. The fourth-order valence-corrected chi connectivity index (χ4v) is 3.77. The van der Waals surface area contributed by atoms with Crippen molar-refractivity contribution in [2.24, 2.45) is 0 Å². The van der Waals surface area contributed by atoms with Crippen LogP contribution in [0, 0.1) is 0 Å². The molecule has 4 heterocycles. The maximum absolute atomic E-state index is 10.6. The first-order valence-corrected chi connectivity index (χ1v) is 12.5. The van der Waals surface area contributed by atoms with Crippen LogP contribution in [0.15, 0.2) is 49.1 Å². The lowest BCUT2D eigenvalue weighted by atomic mass is 10.1. The van der Waals surface area contributed by atoms with Crippen LogP contribution in [0.3, 0.4) is 0 Å². The lowest BCUT2D eigenvalue weighted by Gasteiger charge is -2.37. The van der Waals surface area contributed by atoms with Crippen molar-refractivity contribution in [3.63, 3.8) is 0 Å². The van der Waals surface area contributed by atoms with Gasteiger partial charge in [-0.3, -0.25) is 19.8 Å². The Bertz CT molecular complexity index is 1140. The topological polar surface area (TPSA) is 153 Å². The summed E-state index contributed by atoms with van der Waals surface area (Å²) in [6.45, 7) is 6.11. The van der Waals surface area contributed by atoms with Gasteiger partial charge in [-0.2, -0.15) is 39.5 Å². The molecule has 4 rings (SSSR count). The number of alkyl halides is 9. The van der Waals surface area contributed by atoms with Gasteiger partial charge < -0.3 is 20.1 Å². The summed E-state index contributed by atoms with van der Waals surface area (Å²) in [5.74, 6) is -8.27. The van der Waals surface area contributed by atoms with Gasteiger partial charge in [-0.15, -0.1) is 0 Å². The minimum Gasteiger partial charge on any atom is -0.475 e. The van der Waals surface area contributed by atoms with E-state index in [1.54, 1.807) is 6.20 Å². The summed E-state index contributed by atoms with van der Waals surface area (Å²) in [4.78, 5) is 40.2. The van der Waals surface area contributed by atoms with Crippen LogP contribution in [0.4, 0.5) is 39.5 Å². The molecule has 20 heteroatoms. The number of hydrogen-bond acceptors (Lipinski definition) is 8. The molecule has 0 spiro atoms. The normalized spacial score (nSPS) is 18.5. The van der Waals surface area contributed by atoms with E-state index in [0.29, 0.717) is 18.8 Å². The molecule has 0 bridgehead atoms. The number of fused-ring (bicyclic) bond motifs is 1. The second kappa shape index (κ2) is 17.4. The SMILES string of the molecule is O=C(O)C(F)(F)F.O=C(O)C(F)(F)F.O=C(O)C(F)(F)F.c1cncc(CO[C@@H]2C[C@H]3CN(Cc4cccnc4)CCN3C2)c1. The Morgan fingerprint density at radius 3 is 1.60 bits per heavy atom. The summed E-state index contributed by atoms with van der Waals surface area (Å²) in [5, 5.41) is 21.4. The number of pyridine rings is 2. The number of aliphatic carboxylic acids is 3. The lowest BCUT2D eigenvalue weighted by Crippen LogP contribution is -2.49. The molecule has 3 N–H and O–H groups in total. The average Bonchev–Trinajstić information content (AvgIpc) is 3.35. The Labute approximate surface area is 248 Å². The minimum atomic E-state index is -5.08. The minimum absolute atomic E-state index is 0.341. The summed E-state index contributed by atoms with van der Waals surface area (Å²) >= 11 is 0. The van der Waals surface area contributed by atoms with Gasteiger partial charge >= 0.3 is 36.4 Å². The van der Waals surface area contributed by atoms with Gasteiger partial charge in [0.2, 0.25) is 0 Å². The van der Waals surface area contributed by atoms with Gasteiger partial charge in [0.25, 0.3) is 0 Å². The van der Waals surface area contributed by atoms with E-state index in [0.717, 1.165) is 44.7 Å². The van der Waals surface area contributed by atoms with Gasteiger partial charge in [-0.25, -0.2) is 14.4 Å². The molecule has 2 aliphatic heterocycles. The second-order valence-electron chi connectivity index (χ2n) is 9.18. The number of rotatable bonds is 5. The third kappa shape index (κ3) is 16.0. The van der Waals surface area contributed by atoms with E-state index in [-0.39, 0.29) is 0 Å². The van der Waals surface area contributed by atoms with E-state index >= 15 is 0 Å². The van der Waals surface area contributed by atoms with Crippen molar-refractivity contribution in [3.05, 3.63) is 60.2 Å². The molecule has 0 aromatic carbocycles. The summed E-state index contributed by atoms with van der Waals surface area (Å²) in [6, 6.07) is 8.84. The Morgan fingerprint density at radius 2 is 1.20 bits per heavy atom. The Kier molecular flexibility index (Phi) is 15.1. The van der Waals surface area contributed by atoms with Crippen LogP contribution in [0.5, 0.6) is 0 Å². The number of ether oxygens (including phenoxy) is 1. The molecule has 0 amide bonds. The van der Waals surface area contributed by atoms with Crippen LogP contribution in [-0.4, -0.2) is 110 Å². The first-order valence-electron chi connectivity index (χ1n) is 12.5. The zero-order valence-corrected chi connectivity index (χ0v) is 22.9. The Morgan fingerprint density at radius 1 is 0.756 bits per heavy atom. The van der Waals surface area contributed by atoms with Crippen molar-refractivity contribution < 1.29 is 74.0 Å². The Hall–Kier alpha value is -4.04. The largest absolute Gasteiger partial charge is 0.490 e. The molecule has 2 aromatic rings. The smallest absolute Gasteiger partial charge is 0.475 e. The highest BCUT2D eigenvalue weighted by Crippen LogP contribution is 2.25. The predicted octanol–water partition coefficient (Wildman–Crippen LogP) is 3.85. The van der Waals surface area contributed by atoms with Crippen LogP contribution >= 0.6 is 0 Å². The summed E-state index contributed by atoms with van der Waals surface area (Å²) in [6.07, 6.45) is -6.28. The number of halogens is 9. The zero-order valence-electron chi connectivity index (χ0n) is 22.9. The number of nitrogens with zero attached hydrogens (tertiary/aromatic N) is 4. The van der Waals surface area contributed by atoms with Crippen LogP contribution in [0.25, 0.3) is 0 Å². The van der Waals surface area contributed by atoms with Crippen molar-refractivity contribution in [1.82, 2.24) is 19.8 Å². The molecule has 2 aromatic heterocycles. The van der Waals surface area contributed by atoms with Gasteiger partial charge in [-0.05, 0) is 29.7 Å². The fourth-order valence-electron chi connectivity index (χ4n) is 3.77. The highest BCUT2D eigenvalue weighted by atomic mass is 19.4. The summed E-state index contributed by atoms with van der Waals surface area (Å²) in [5.41, 5.74) is 2.45. The van der Waals surface area contributed by atoms with E-state index < -0.39 is 36.4 Å². The van der Waals surface area contributed by atoms with Gasteiger partial charge in [0.05, 0.1) is 12.7 Å². The predicted molar refractivity (Wildman–Crippen MR) is 133 cm³/mol. The average molecular weight is 666 g/mol. The van der Waals surface area contributed by atoms with E-state index in [1.165, 1.54) is 5.56 Å². The van der Waals surface area contributed by atoms with Crippen LogP contribution < -0.4 is 0 Å². The highest BCUT2D eigenvalue weighted by molar-refractivity contribution is 5.73. The van der Waals surface area contributed by atoms with Crippen molar-refractivity contribution >= 4 is 17.9 Å². The van der Waals surface area contributed by atoms with Crippen LogP contribution in [0.1, 0.15) is 17.5 Å². The number of piperazine rings is 1. The number of carboxylic acids is 3. The lowest BCUT2D eigenvalue weighted by molar-refractivity contribution is -0.193. The molecule has 2 atom stereocenters. The molecule has 2 fully saturated rings. The van der Waals surface area contributed by atoms with Gasteiger partial charge in [-0.1, -0.05) is 12.1 Å². The van der Waals surface area contributed by atoms with E-state index in [9.17, 15) is 39.5 Å². The quantitative estimate of drug-likeness (QED) is 0.399. The molecule has 0 aliphatic carbocycles. The van der Waals surface area contributed by atoms with Crippen LogP contribution in [0.2, 0.25) is 0 Å². The molecule has 0 radical (unpaired) electrons. The van der Waals surface area contributed by atoms with Gasteiger partial charge in [0.15, 0.2) is 0 Å². The number of aromatic nitrogens is 2. The summed E-state index contributed by atoms with van der Waals surface area (Å²) in [7, 11) is 0. The third-order valence-electron chi connectivity index (χ3n) is 5.73. The number of carbonyl (C=O) groups is 3. The number of carboxylic acid groups (broad SMARTS) is 3. The van der Waals surface area contributed by atoms with E-state index in [1.807, 2.05) is 30.7 Å². The first-order chi connectivity index (χ1) is 20.7. The molecule has 252 valence electrons.